The predicted molar refractivity (Wildman–Crippen MR) is 77.1 cm³/mol. The zero-order chi connectivity index (χ0) is 12.5. The predicted octanol–water partition coefficient (Wildman–Crippen LogP) is 4.68. The van der Waals surface area contributed by atoms with Gasteiger partial charge in [0.15, 0.2) is 0 Å². The number of nitrogens with one attached hydrogen (secondary N) is 1. The summed E-state index contributed by atoms with van der Waals surface area (Å²) in [6, 6.07) is 9.58. The molecule has 0 heterocycles. The maximum atomic E-state index is 3.76. The van der Waals surface area contributed by atoms with E-state index in [1.165, 1.54) is 29.3 Å². The van der Waals surface area contributed by atoms with E-state index in [1.54, 1.807) is 0 Å². The lowest BCUT2D eigenvalue weighted by atomic mass is 9.91. The molecule has 1 aromatic rings. The average Bonchev–Trinajstić information content (AvgIpc) is 2.58. The van der Waals surface area contributed by atoms with Gasteiger partial charge >= 0.3 is 0 Å². The molecule has 0 amide bonds. The molecule has 1 N–H and O–H groups in total. The van der Waals surface area contributed by atoms with Crippen molar-refractivity contribution in [2.24, 2.45) is 5.41 Å². The minimum absolute atomic E-state index is 0.421. The van der Waals surface area contributed by atoms with Gasteiger partial charge < -0.3 is 5.32 Å². The Kier molecular flexibility index (Phi) is 3.94. The molecular formula is C15H22BrN. The molecule has 1 nitrogen and oxygen atoms in total. The second-order valence-corrected chi connectivity index (χ2v) is 6.87. The van der Waals surface area contributed by atoms with E-state index in [0.29, 0.717) is 17.5 Å². The highest BCUT2D eigenvalue weighted by atomic mass is 79.9. The first-order valence-corrected chi connectivity index (χ1v) is 7.28. The zero-order valence-corrected chi connectivity index (χ0v) is 12.5. The van der Waals surface area contributed by atoms with Crippen LogP contribution in [0.1, 0.15) is 51.6 Å². The first kappa shape index (κ1) is 13.1. The molecule has 1 saturated carbocycles. The highest BCUT2D eigenvalue weighted by molar-refractivity contribution is 9.10. The molecule has 1 aliphatic rings. The Morgan fingerprint density at radius 2 is 2.06 bits per heavy atom. The van der Waals surface area contributed by atoms with E-state index in [-0.39, 0.29) is 0 Å². The van der Waals surface area contributed by atoms with E-state index in [2.05, 4.69) is 66.3 Å². The molecule has 0 aromatic heterocycles. The Morgan fingerprint density at radius 1 is 1.35 bits per heavy atom. The maximum Gasteiger partial charge on any atom is 0.0305 e. The molecule has 0 aliphatic heterocycles. The summed E-state index contributed by atoms with van der Waals surface area (Å²) in [5.74, 6) is 0. The summed E-state index contributed by atoms with van der Waals surface area (Å²) >= 11 is 3.63. The van der Waals surface area contributed by atoms with Crippen LogP contribution in [-0.2, 0) is 0 Å². The molecule has 1 aromatic carbocycles. The van der Waals surface area contributed by atoms with Crippen molar-refractivity contribution in [3.8, 4) is 0 Å². The Hall–Kier alpha value is -0.340. The number of hydrogen-bond donors (Lipinski definition) is 1. The van der Waals surface area contributed by atoms with Gasteiger partial charge in [0, 0.05) is 16.6 Å². The lowest BCUT2D eigenvalue weighted by Gasteiger charge is -2.22. The van der Waals surface area contributed by atoms with Gasteiger partial charge in [-0.25, -0.2) is 0 Å². The van der Waals surface area contributed by atoms with Crippen LogP contribution in [0.25, 0.3) is 0 Å². The fourth-order valence-corrected chi connectivity index (χ4v) is 3.48. The molecule has 2 rings (SSSR count). The van der Waals surface area contributed by atoms with Crippen molar-refractivity contribution in [1.82, 2.24) is 5.32 Å². The molecule has 2 heteroatoms. The minimum atomic E-state index is 0.421. The van der Waals surface area contributed by atoms with E-state index in [1.807, 2.05) is 0 Å². The van der Waals surface area contributed by atoms with Crippen LogP contribution in [0.2, 0.25) is 0 Å². The van der Waals surface area contributed by atoms with Gasteiger partial charge in [0.2, 0.25) is 0 Å². The Balaban J connectivity index is 1.99. The number of benzene rings is 1. The standard InChI is InChI=1S/C15H22BrN/c1-11(13-6-4-5-7-14(13)16)17-12-8-9-15(2,3)10-12/h4-7,11-12,17H,8-10H2,1-3H3/t11-,12?/m0/s1. The van der Waals surface area contributed by atoms with Crippen LogP contribution >= 0.6 is 15.9 Å². The van der Waals surface area contributed by atoms with E-state index >= 15 is 0 Å². The summed E-state index contributed by atoms with van der Waals surface area (Å²) in [5, 5.41) is 3.76. The smallest absolute Gasteiger partial charge is 0.0305 e. The van der Waals surface area contributed by atoms with Crippen LogP contribution in [0.5, 0.6) is 0 Å². The fraction of sp³-hybridized carbons (Fsp3) is 0.600. The molecule has 1 unspecified atom stereocenters. The minimum Gasteiger partial charge on any atom is -0.307 e. The van der Waals surface area contributed by atoms with E-state index in [9.17, 15) is 0 Å². The topological polar surface area (TPSA) is 12.0 Å². The monoisotopic (exact) mass is 295 g/mol. The van der Waals surface area contributed by atoms with Gasteiger partial charge in [0.1, 0.15) is 0 Å². The summed E-state index contributed by atoms with van der Waals surface area (Å²) in [6.45, 7) is 7.00. The van der Waals surface area contributed by atoms with Crippen molar-refractivity contribution < 1.29 is 0 Å². The summed E-state index contributed by atoms with van der Waals surface area (Å²) in [4.78, 5) is 0. The maximum absolute atomic E-state index is 3.76. The second-order valence-electron chi connectivity index (χ2n) is 6.01. The Bertz CT molecular complexity index is 386. The molecule has 0 saturated heterocycles. The summed E-state index contributed by atoms with van der Waals surface area (Å²) < 4.78 is 1.21. The Labute approximate surface area is 113 Å². The molecule has 1 aliphatic carbocycles. The lowest BCUT2D eigenvalue weighted by Crippen LogP contribution is -2.30. The van der Waals surface area contributed by atoms with Crippen molar-refractivity contribution >= 4 is 15.9 Å². The van der Waals surface area contributed by atoms with Crippen LogP contribution < -0.4 is 5.32 Å². The van der Waals surface area contributed by atoms with Crippen LogP contribution in [-0.4, -0.2) is 6.04 Å². The molecule has 94 valence electrons. The molecule has 0 bridgehead atoms. The highest BCUT2D eigenvalue weighted by Crippen LogP contribution is 2.38. The van der Waals surface area contributed by atoms with Crippen molar-refractivity contribution in [3.63, 3.8) is 0 Å². The second kappa shape index (κ2) is 5.11. The molecule has 0 spiro atoms. The zero-order valence-electron chi connectivity index (χ0n) is 11.0. The molecule has 0 radical (unpaired) electrons. The summed E-state index contributed by atoms with van der Waals surface area (Å²) in [6.07, 6.45) is 3.94. The number of rotatable bonds is 3. The van der Waals surface area contributed by atoms with Gasteiger partial charge in [-0.2, -0.15) is 0 Å². The van der Waals surface area contributed by atoms with Crippen LogP contribution in [0.3, 0.4) is 0 Å². The van der Waals surface area contributed by atoms with Crippen molar-refractivity contribution in [2.45, 2.75) is 52.1 Å². The molecular weight excluding hydrogens is 274 g/mol. The van der Waals surface area contributed by atoms with E-state index in [4.69, 9.17) is 0 Å². The summed E-state index contributed by atoms with van der Waals surface area (Å²) in [5.41, 5.74) is 1.88. The SMILES string of the molecule is C[C@H](NC1CCC(C)(C)C1)c1ccccc1Br. The largest absolute Gasteiger partial charge is 0.307 e. The Morgan fingerprint density at radius 3 is 2.65 bits per heavy atom. The molecule has 1 fully saturated rings. The third-order valence-corrected chi connectivity index (χ3v) is 4.55. The van der Waals surface area contributed by atoms with Gasteiger partial charge in [-0.3, -0.25) is 0 Å². The van der Waals surface area contributed by atoms with Gasteiger partial charge in [0.05, 0.1) is 0 Å². The third-order valence-electron chi connectivity index (χ3n) is 3.83. The first-order chi connectivity index (χ1) is 7.98. The quantitative estimate of drug-likeness (QED) is 0.854. The van der Waals surface area contributed by atoms with Crippen molar-refractivity contribution in [1.29, 1.82) is 0 Å². The first-order valence-electron chi connectivity index (χ1n) is 6.48. The van der Waals surface area contributed by atoms with Crippen LogP contribution in [0, 0.1) is 5.41 Å². The summed E-state index contributed by atoms with van der Waals surface area (Å²) in [7, 11) is 0. The fourth-order valence-electron chi connectivity index (χ4n) is 2.85. The highest BCUT2D eigenvalue weighted by Gasteiger charge is 2.31. The van der Waals surface area contributed by atoms with Gasteiger partial charge in [0.25, 0.3) is 0 Å². The van der Waals surface area contributed by atoms with E-state index in [0.717, 1.165) is 0 Å². The average molecular weight is 296 g/mol. The molecule has 17 heavy (non-hydrogen) atoms. The molecule has 2 atom stereocenters. The van der Waals surface area contributed by atoms with Gasteiger partial charge in [-0.05, 0) is 43.2 Å². The number of hydrogen-bond acceptors (Lipinski definition) is 1. The van der Waals surface area contributed by atoms with Crippen LogP contribution in [0.4, 0.5) is 0 Å². The van der Waals surface area contributed by atoms with Crippen LogP contribution in [0.15, 0.2) is 28.7 Å². The van der Waals surface area contributed by atoms with E-state index < -0.39 is 0 Å². The van der Waals surface area contributed by atoms with Crippen molar-refractivity contribution in [2.75, 3.05) is 0 Å². The number of halogens is 1. The normalized spacial score (nSPS) is 24.8. The van der Waals surface area contributed by atoms with Crippen molar-refractivity contribution in [3.05, 3.63) is 34.3 Å². The van der Waals surface area contributed by atoms with Gasteiger partial charge in [-0.1, -0.05) is 48.0 Å². The lowest BCUT2D eigenvalue weighted by molar-refractivity contribution is 0.356. The van der Waals surface area contributed by atoms with Gasteiger partial charge in [-0.15, -0.1) is 0 Å². The third kappa shape index (κ3) is 3.32.